The molecular weight excluding hydrogens is 316 g/mol. The predicted octanol–water partition coefficient (Wildman–Crippen LogP) is 4.85. The second kappa shape index (κ2) is 8.44. The topological polar surface area (TPSA) is 44.8 Å². The molecule has 0 amide bonds. The summed E-state index contributed by atoms with van der Waals surface area (Å²) in [4.78, 5) is 11.4. The maximum absolute atomic E-state index is 11.4. The minimum Gasteiger partial charge on any atom is -0.490 e. The van der Waals surface area contributed by atoms with Crippen molar-refractivity contribution >= 4 is 17.6 Å². The van der Waals surface area contributed by atoms with Crippen molar-refractivity contribution in [2.75, 3.05) is 6.61 Å². The standard InChI is InChI=1S/C18H19ClO4/c1-3-21-18(20)12-13(2)22-15-8-10-17(11-9-15)23-16-6-4-14(19)5-7-16/h4-11,13H,3,12H2,1-2H3. The number of hydrogen-bond donors (Lipinski definition) is 0. The van der Waals surface area contributed by atoms with Crippen LogP contribution in [0, 0.1) is 0 Å². The Labute approximate surface area is 140 Å². The Balaban J connectivity index is 1.89. The number of rotatable bonds is 7. The Morgan fingerprint density at radius 2 is 1.52 bits per heavy atom. The predicted molar refractivity (Wildman–Crippen MR) is 89.3 cm³/mol. The van der Waals surface area contributed by atoms with Gasteiger partial charge in [-0.15, -0.1) is 0 Å². The van der Waals surface area contributed by atoms with Crippen LogP contribution in [0.4, 0.5) is 0 Å². The maximum Gasteiger partial charge on any atom is 0.309 e. The van der Waals surface area contributed by atoms with Crippen LogP contribution in [0.2, 0.25) is 5.02 Å². The highest BCUT2D eigenvalue weighted by atomic mass is 35.5. The van der Waals surface area contributed by atoms with E-state index in [4.69, 9.17) is 25.8 Å². The first kappa shape index (κ1) is 17.2. The monoisotopic (exact) mass is 334 g/mol. The molecular formula is C18H19ClO4. The Kier molecular flexibility index (Phi) is 6.29. The first-order chi connectivity index (χ1) is 11.1. The van der Waals surface area contributed by atoms with Gasteiger partial charge in [0, 0.05) is 5.02 Å². The molecule has 0 spiro atoms. The highest BCUT2D eigenvalue weighted by molar-refractivity contribution is 6.30. The summed E-state index contributed by atoms with van der Waals surface area (Å²) in [7, 11) is 0. The van der Waals surface area contributed by atoms with Gasteiger partial charge in [0.2, 0.25) is 0 Å². The fraction of sp³-hybridized carbons (Fsp3) is 0.278. The van der Waals surface area contributed by atoms with Crippen molar-refractivity contribution in [2.24, 2.45) is 0 Å². The van der Waals surface area contributed by atoms with E-state index in [0.29, 0.717) is 28.9 Å². The first-order valence-electron chi connectivity index (χ1n) is 7.42. The van der Waals surface area contributed by atoms with Gasteiger partial charge in [-0.25, -0.2) is 0 Å². The first-order valence-corrected chi connectivity index (χ1v) is 7.80. The molecule has 2 aromatic carbocycles. The average Bonchev–Trinajstić information content (AvgIpc) is 2.51. The highest BCUT2D eigenvalue weighted by Gasteiger charge is 2.11. The van der Waals surface area contributed by atoms with Gasteiger partial charge in [0.25, 0.3) is 0 Å². The van der Waals surface area contributed by atoms with Crippen LogP contribution in [0.25, 0.3) is 0 Å². The van der Waals surface area contributed by atoms with Crippen molar-refractivity contribution in [1.82, 2.24) is 0 Å². The van der Waals surface area contributed by atoms with Gasteiger partial charge in [0.1, 0.15) is 23.4 Å². The fourth-order valence-corrected chi connectivity index (χ4v) is 2.08. The van der Waals surface area contributed by atoms with E-state index >= 15 is 0 Å². The smallest absolute Gasteiger partial charge is 0.309 e. The quantitative estimate of drug-likeness (QED) is 0.679. The van der Waals surface area contributed by atoms with E-state index in [0.717, 1.165) is 0 Å². The largest absolute Gasteiger partial charge is 0.490 e. The van der Waals surface area contributed by atoms with Crippen molar-refractivity contribution < 1.29 is 19.0 Å². The summed E-state index contributed by atoms with van der Waals surface area (Å²) < 4.78 is 16.3. The molecule has 0 heterocycles. The number of ether oxygens (including phenoxy) is 3. The number of hydrogen-bond acceptors (Lipinski definition) is 4. The lowest BCUT2D eigenvalue weighted by molar-refractivity contribution is -0.144. The third kappa shape index (κ3) is 5.83. The van der Waals surface area contributed by atoms with Crippen LogP contribution in [0.5, 0.6) is 17.2 Å². The van der Waals surface area contributed by atoms with Crippen molar-refractivity contribution in [3.8, 4) is 17.2 Å². The number of carbonyl (C=O) groups excluding carboxylic acids is 1. The molecule has 122 valence electrons. The lowest BCUT2D eigenvalue weighted by Crippen LogP contribution is -2.18. The van der Waals surface area contributed by atoms with Crippen LogP contribution in [0.1, 0.15) is 20.3 Å². The zero-order valence-corrected chi connectivity index (χ0v) is 13.9. The van der Waals surface area contributed by atoms with Gasteiger partial charge in [0.05, 0.1) is 13.0 Å². The zero-order valence-electron chi connectivity index (χ0n) is 13.1. The van der Waals surface area contributed by atoms with Crippen molar-refractivity contribution in [3.63, 3.8) is 0 Å². The van der Waals surface area contributed by atoms with Crippen molar-refractivity contribution in [1.29, 1.82) is 0 Å². The summed E-state index contributed by atoms with van der Waals surface area (Å²) in [6.45, 7) is 3.99. The van der Waals surface area contributed by atoms with E-state index in [9.17, 15) is 4.79 Å². The summed E-state index contributed by atoms with van der Waals surface area (Å²) in [5.41, 5.74) is 0. The fourth-order valence-electron chi connectivity index (χ4n) is 1.95. The molecule has 4 nitrogen and oxygen atoms in total. The minimum absolute atomic E-state index is 0.219. The number of esters is 1. The molecule has 0 aliphatic carbocycles. The molecule has 0 radical (unpaired) electrons. The summed E-state index contributed by atoms with van der Waals surface area (Å²) in [6, 6.07) is 14.3. The summed E-state index contributed by atoms with van der Waals surface area (Å²) >= 11 is 5.83. The third-order valence-corrected chi connectivity index (χ3v) is 3.22. The normalized spacial score (nSPS) is 11.6. The van der Waals surface area contributed by atoms with E-state index in [-0.39, 0.29) is 18.5 Å². The van der Waals surface area contributed by atoms with Gasteiger partial charge in [-0.2, -0.15) is 0 Å². The summed E-state index contributed by atoms with van der Waals surface area (Å²) in [5.74, 6) is 1.81. The Morgan fingerprint density at radius 1 is 1.00 bits per heavy atom. The molecule has 0 fully saturated rings. The molecule has 0 aliphatic rings. The van der Waals surface area contributed by atoms with Gasteiger partial charge in [0.15, 0.2) is 0 Å². The van der Waals surface area contributed by atoms with Crippen LogP contribution in [-0.4, -0.2) is 18.7 Å². The van der Waals surface area contributed by atoms with Gasteiger partial charge >= 0.3 is 5.97 Å². The van der Waals surface area contributed by atoms with E-state index in [2.05, 4.69) is 0 Å². The lowest BCUT2D eigenvalue weighted by atomic mass is 10.2. The number of halogens is 1. The molecule has 0 N–H and O–H groups in total. The second-order valence-corrected chi connectivity index (χ2v) is 5.40. The van der Waals surface area contributed by atoms with Crippen molar-refractivity contribution in [3.05, 3.63) is 53.6 Å². The van der Waals surface area contributed by atoms with Gasteiger partial charge < -0.3 is 14.2 Å². The molecule has 1 unspecified atom stereocenters. The Morgan fingerprint density at radius 3 is 2.09 bits per heavy atom. The van der Waals surface area contributed by atoms with E-state index in [1.807, 2.05) is 6.92 Å². The molecule has 2 aromatic rings. The van der Waals surface area contributed by atoms with Crippen molar-refractivity contribution in [2.45, 2.75) is 26.4 Å². The summed E-state index contributed by atoms with van der Waals surface area (Å²) in [6.07, 6.45) is -0.0336. The molecule has 0 aliphatic heterocycles. The van der Waals surface area contributed by atoms with Crippen LogP contribution in [0.15, 0.2) is 48.5 Å². The Hall–Kier alpha value is -2.20. The van der Waals surface area contributed by atoms with E-state index in [1.54, 1.807) is 55.5 Å². The van der Waals surface area contributed by atoms with Crippen LogP contribution >= 0.6 is 11.6 Å². The number of carbonyl (C=O) groups is 1. The number of benzene rings is 2. The van der Waals surface area contributed by atoms with Gasteiger partial charge in [-0.1, -0.05) is 11.6 Å². The zero-order chi connectivity index (χ0) is 16.7. The molecule has 0 bridgehead atoms. The Bertz CT molecular complexity index is 622. The van der Waals surface area contributed by atoms with Crippen LogP contribution in [0.3, 0.4) is 0 Å². The lowest BCUT2D eigenvalue weighted by Gasteiger charge is -2.14. The maximum atomic E-state index is 11.4. The average molecular weight is 335 g/mol. The van der Waals surface area contributed by atoms with E-state index in [1.165, 1.54) is 0 Å². The molecule has 5 heteroatoms. The molecule has 0 aromatic heterocycles. The molecule has 0 saturated carbocycles. The van der Waals surface area contributed by atoms with Gasteiger partial charge in [-0.05, 0) is 62.4 Å². The SMILES string of the molecule is CCOC(=O)CC(C)Oc1ccc(Oc2ccc(Cl)cc2)cc1. The van der Waals surface area contributed by atoms with Gasteiger partial charge in [-0.3, -0.25) is 4.79 Å². The third-order valence-electron chi connectivity index (χ3n) is 2.97. The molecule has 2 rings (SSSR count). The van der Waals surface area contributed by atoms with E-state index < -0.39 is 0 Å². The molecule has 0 saturated heterocycles. The minimum atomic E-state index is -0.261. The highest BCUT2D eigenvalue weighted by Crippen LogP contribution is 2.25. The molecule has 1 atom stereocenters. The second-order valence-electron chi connectivity index (χ2n) is 4.97. The van der Waals surface area contributed by atoms with Crippen LogP contribution < -0.4 is 9.47 Å². The summed E-state index contributed by atoms with van der Waals surface area (Å²) in [5, 5.41) is 0.664. The molecule has 23 heavy (non-hydrogen) atoms. The van der Waals surface area contributed by atoms with Crippen LogP contribution in [-0.2, 0) is 9.53 Å².